The minimum atomic E-state index is -0.359. The number of rotatable bonds is 2. The van der Waals surface area contributed by atoms with E-state index in [0.29, 0.717) is 5.56 Å². The highest BCUT2D eigenvalue weighted by Gasteiger charge is 2.25. The van der Waals surface area contributed by atoms with Crippen LogP contribution in [0.2, 0.25) is 0 Å². The van der Waals surface area contributed by atoms with E-state index in [4.69, 9.17) is 10.5 Å². The summed E-state index contributed by atoms with van der Waals surface area (Å²) in [6, 6.07) is 4.71. The van der Waals surface area contributed by atoms with Gasteiger partial charge in [0.25, 0.3) is 0 Å². The van der Waals surface area contributed by atoms with Crippen molar-refractivity contribution in [3.8, 4) is 5.75 Å². The third-order valence-corrected chi connectivity index (χ3v) is 2.48. The summed E-state index contributed by atoms with van der Waals surface area (Å²) in [4.78, 5) is 0. The van der Waals surface area contributed by atoms with Gasteiger partial charge in [0.15, 0.2) is 11.6 Å². The maximum Gasteiger partial charge on any atom is 0.169 e. The lowest BCUT2D eigenvalue weighted by atomic mass is 9.83. The van der Waals surface area contributed by atoms with E-state index in [1.165, 1.54) is 7.11 Å². The monoisotopic (exact) mass is 211 g/mol. The van der Waals surface area contributed by atoms with Crippen molar-refractivity contribution in [1.29, 1.82) is 0 Å². The van der Waals surface area contributed by atoms with Crippen LogP contribution in [0, 0.1) is 11.2 Å². The van der Waals surface area contributed by atoms with Crippen LogP contribution in [0.25, 0.3) is 0 Å². The highest BCUT2D eigenvalue weighted by molar-refractivity contribution is 5.33. The highest BCUT2D eigenvalue weighted by atomic mass is 19.1. The Morgan fingerprint density at radius 2 is 1.93 bits per heavy atom. The Balaban J connectivity index is 3.15. The predicted octanol–water partition coefficient (Wildman–Crippen LogP) is 2.88. The number of methoxy groups -OCH3 is 1. The quantitative estimate of drug-likeness (QED) is 0.816. The lowest BCUT2D eigenvalue weighted by molar-refractivity contribution is 0.313. The van der Waals surface area contributed by atoms with Crippen molar-refractivity contribution >= 4 is 0 Å². The lowest BCUT2D eigenvalue weighted by Crippen LogP contribution is -2.27. The molecule has 3 heteroatoms. The summed E-state index contributed by atoms with van der Waals surface area (Å²) in [5.41, 5.74) is 6.33. The standard InChI is InChI=1S/C12H18FNO/c1-12(2,3)11(14)8-6-5-7-9(15-4)10(8)13/h5-7,11H,14H2,1-4H3/t11-/m1/s1. The summed E-state index contributed by atoms with van der Waals surface area (Å²) in [6.07, 6.45) is 0. The van der Waals surface area contributed by atoms with Gasteiger partial charge in [-0.15, -0.1) is 0 Å². The van der Waals surface area contributed by atoms with E-state index in [2.05, 4.69) is 0 Å². The van der Waals surface area contributed by atoms with Crippen LogP contribution in [-0.4, -0.2) is 7.11 Å². The molecule has 1 aromatic rings. The van der Waals surface area contributed by atoms with E-state index in [0.717, 1.165) is 0 Å². The molecule has 0 aliphatic carbocycles. The Kier molecular flexibility index (Phi) is 3.35. The number of hydrogen-bond donors (Lipinski definition) is 1. The summed E-state index contributed by atoms with van der Waals surface area (Å²) in [6.45, 7) is 5.95. The first-order valence-corrected chi connectivity index (χ1v) is 4.96. The van der Waals surface area contributed by atoms with E-state index in [1.54, 1.807) is 18.2 Å². The van der Waals surface area contributed by atoms with Crippen molar-refractivity contribution < 1.29 is 9.13 Å². The molecule has 0 saturated carbocycles. The van der Waals surface area contributed by atoms with Crippen molar-refractivity contribution in [2.75, 3.05) is 7.11 Å². The van der Waals surface area contributed by atoms with Crippen LogP contribution in [0.4, 0.5) is 4.39 Å². The molecule has 2 N–H and O–H groups in total. The number of benzene rings is 1. The van der Waals surface area contributed by atoms with Crippen molar-refractivity contribution in [3.63, 3.8) is 0 Å². The predicted molar refractivity (Wildman–Crippen MR) is 59.3 cm³/mol. The van der Waals surface area contributed by atoms with E-state index in [-0.39, 0.29) is 23.0 Å². The molecule has 0 heterocycles. The molecule has 0 fully saturated rings. The smallest absolute Gasteiger partial charge is 0.169 e. The van der Waals surface area contributed by atoms with Gasteiger partial charge in [-0.25, -0.2) is 4.39 Å². The van der Waals surface area contributed by atoms with Crippen LogP contribution in [0.15, 0.2) is 18.2 Å². The van der Waals surface area contributed by atoms with Gasteiger partial charge in [-0.1, -0.05) is 32.9 Å². The van der Waals surface area contributed by atoms with Crippen LogP contribution >= 0.6 is 0 Å². The first-order valence-electron chi connectivity index (χ1n) is 4.96. The first-order chi connectivity index (χ1) is 6.88. The van der Waals surface area contributed by atoms with E-state index < -0.39 is 0 Å². The van der Waals surface area contributed by atoms with Gasteiger partial charge in [0.05, 0.1) is 7.11 Å². The van der Waals surface area contributed by atoms with Crippen LogP contribution in [0.5, 0.6) is 5.75 Å². The fraction of sp³-hybridized carbons (Fsp3) is 0.500. The van der Waals surface area contributed by atoms with Crippen molar-refractivity contribution in [3.05, 3.63) is 29.6 Å². The number of nitrogens with two attached hydrogens (primary N) is 1. The maximum atomic E-state index is 13.8. The summed E-state index contributed by atoms with van der Waals surface area (Å²) in [5, 5.41) is 0. The van der Waals surface area contributed by atoms with Crippen molar-refractivity contribution in [1.82, 2.24) is 0 Å². The van der Waals surface area contributed by atoms with Gasteiger partial charge in [-0.3, -0.25) is 0 Å². The summed E-state index contributed by atoms with van der Waals surface area (Å²) in [5.74, 6) is -0.116. The molecule has 0 aromatic heterocycles. The molecule has 1 aromatic carbocycles. The fourth-order valence-electron chi connectivity index (χ4n) is 1.39. The second-order valence-electron chi connectivity index (χ2n) is 4.71. The Bertz CT molecular complexity index is 344. The van der Waals surface area contributed by atoms with Gasteiger partial charge in [0, 0.05) is 11.6 Å². The third-order valence-electron chi connectivity index (χ3n) is 2.48. The molecule has 0 spiro atoms. The van der Waals surface area contributed by atoms with Gasteiger partial charge < -0.3 is 10.5 Å². The molecular formula is C12H18FNO. The van der Waals surface area contributed by atoms with Gasteiger partial charge in [-0.05, 0) is 11.5 Å². The number of hydrogen-bond acceptors (Lipinski definition) is 2. The molecule has 0 unspecified atom stereocenters. The lowest BCUT2D eigenvalue weighted by Gasteiger charge is -2.27. The zero-order chi connectivity index (χ0) is 11.6. The second-order valence-corrected chi connectivity index (χ2v) is 4.71. The average Bonchev–Trinajstić information content (AvgIpc) is 2.16. The molecule has 0 bridgehead atoms. The molecule has 0 aliphatic rings. The average molecular weight is 211 g/mol. The molecular weight excluding hydrogens is 193 g/mol. The van der Waals surface area contributed by atoms with Crippen LogP contribution in [0.3, 0.4) is 0 Å². The zero-order valence-corrected chi connectivity index (χ0v) is 9.67. The van der Waals surface area contributed by atoms with Gasteiger partial charge in [0.1, 0.15) is 0 Å². The normalized spacial score (nSPS) is 13.7. The van der Waals surface area contributed by atoms with Crippen molar-refractivity contribution in [2.45, 2.75) is 26.8 Å². The Hall–Kier alpha value is -1.09. The van der Waals surface area contributed by atoms with Crippen LogP contribution in [0.1, 0.15) is 32.4 Å². The topological polar surface area (TPSA) is 35.2 Å². The largest absolute Gasteiger partial charge is 0.494 e. The second kappa shape index (κ2) is 4.19. The van der Waals surface area contributed by atoms with Crippen LogP contribution in [-0.2, 0) is 0 Å². The third kappa shape index (κ3) is 2.48. The molecule has 84 valence electrons. The summed E-state index contributed by atoms with van der Waals surface area (Å²) < 4.78 is 18.8. The molecule has 1 atom stereocenters. The SMILES string of the molecule is COc1cccc([C@@H](N)C(C)(C)C)c1F. The first kappa shape index (κ1) is 12.0. The van der Waals surface area contributed by atoms with E-state index in [1.807, 2.05) is 20.8 Å². The molecule has 15 heavy (non-hydrogen) atoms. The number of ether oxygens (including phenoxy) is 1. The van der Waals surface area contributed by atoms with Crippen molar-refractivity contribution in [2.24, 2.45) is 11.1 Å². The van der Waals surface area contributed by atoms with Gasteiger partial charge in [-0.2, -0.15) is 0 Å². The fourth-order valence-corrected chi connectivity index (χ4v) is 1.39. The van der Waals surface area contributed by atoms with Gasteiger partial charge >= 0.3 is 0 Å². The maximum absolute atomic E-state index is 13.8. The molecule has 0 radical (unpaired) electrons. The Labute approximate surface area is 90.2 Å². The molecule has 2 nitrogen and oxygen atoms in total. The molecule has 0 aliphatic heterocycles. The summed E-state index contributed by atoms with van der Waals surface area (Å²) in [7, 11) is 1.45. The zero-order valence-electron chi connectivity index (χ0n) is 9.67. The summed E-state index contributed by atoms with van der Waals surface area (Å²) >= 11 is 0. The minimum Gasteiger partial charge on any atom is -0.494 e. The Morgan fingerprint density at radius 1 is 1.33 bits per heavy atom. The van der Waals surface area contributed by atoms with Crippen LogP contribution < -0.4 is 10.5 Å². The number of halogens is 1. The highest BCUT2D eigenvalue weighted by Crippen LogP contribution is 2.34. The Morgan fingerprint density at radius 3 is 2.40 bits per heavy atom. The van der Waals surface area contributed by atoms with E-state index in [9.17, 15) is 4.39 Å². The molecule has 1 rings (SSSR count). The van der Waals surface area contributed by atoms with E-state index >= 15 is 0 Å². The van der Waals surface area contributed by atoms with Gasteiger partial charge in [0.2, 0.25) is 0 Å². The molecule has 0 saturated heterocycles. The minimum absolute atomic E-state index is 0.173. The molecule has 0 amide bonds.